The molecule has 0 aromatic heterocycles. The minimum atomic E-state index is -0.529. The fourth-order valence-electron chi connectivity index (χ4n) is 4.24. The summed E-state index contributed by atoms with van der Waals surface area (Å²) in [6.45, 7) is 2.88. The lowest BCUT2D eigenvalue weighted by Crippen LogP contribution is -2.51. The summed E-state index contributed by atoms with van der Waals surface area (Å²) in [5.74, 6) is -0.130. The topological polar surface area (TPSA) is 79.0 Å². The monoisotopic (exact) mass is 385 g/mol. The van der Waals surface area contributed by atoms with Gasteiger partial charge in [0.25, 0.3) is 0 Å². The van der Waals surface area contributed by atoms with Crippen LogP contribution in [-0.2, 0) is 21.0 Å². The number of hydroxylamine groups is 2. The van der Waals surface area contributed by atoms with E-state index in [0.717, 1.165) is 24.8 Å². The van der Waals surface area contributed by atoms with Gasteiger partial charge in [-0.25, -0.2) is 4.79 Å². The Morgan fingerprint density at radius 1 is 1.21 bits per heavy atom. The highest BCUT2D eigenvalue weighted by atomic mass is 16.7. The van der Waals surface area contributed by atoms with Crippen LogP contribution in [0.25, 0.3) is 0 Å². The van der Waals surface area contributed by atoms with Crippen LogP contribution in [-0.4, -0.2) is 52.9 Å². The molecule has 2 bridgehead atoms. The second kappa shape index (κ2) is 7.54. The van der Waals surface area contributed by atoms with Crippen LogP contribution < -0.4 is 5.32 Å². The molecule has 1 aromatic rings. The predicted octanol–water partition coefficient (Wildman–Crippen LogP) is 2.26. The third-order valence-electron chi connectivity index (χ3n) is 6.38. The number of ketones is 1. The maximum atomic E-state index is 12.8. The van der Waals surface area contributed by atoms with Gasteiger partial charge in [0.2, 0.25) is 5.91 Å². The molecule has 28 heavy (non-hydrogen) atoms. The Kier molecular flexibility index (Phi) is 5.10. The van der Waals surface area contributed by atoms with Crippen LogP contribution in [0, 0.1) is 5.41 Å². The third-order valence-corrected chi connectivity index (χ3v) is 6.38. The number of nitrogens with one attached hydrogen (secondary N) is 1. The van der Waals surface area contributed by atoms with Crippen molar-refractivity contribution in [1.29, 1.82) is 0 Å². The average molecular weight is 385 g/mol. The van der Waals surface area contributed by atoms with Crippen molar-refractivity contribution < 1.29 is 19.2 Å². The molecule has 3 amide bonds. The normalized spacial score (nSPS) is 25.0. The Labute approximate surface area is 165 Å². The molecule has 7 heteroatoms. The van der Waals surface area contributed by atoms with E-state index in [1.54, 1.807) is 4.90 Å². The van der Waals surface area contributed by atoms with E-state index >= 15 is 0 Å². The van der Waals surface area contributed by atoms with Gasteiger partial charge < -0.3 is 10.2 Å². The lowest BCUT2D eigenvalue weighted by Gasteiger charge is -2.29. The van der Waals surface area contributed by atoms with Crippen molar-refractivity contribution in [3.63, 3.8) is 0 Å². The average Bonchev–Trinajstić information content (AvgIpc) is 3.49. The molecule has 7 nitrogen and oxygen atoms in total. The predicted molar refractivity (Wildman–Crippen MR) is 102 cm³/mol. The Morgan fingerprint density at radius 3 is 2.64 bits per heavy atom. The highest BCUT2D eigenvalue weighted by molar-refractivity contribution is 5.94. The molecule has 2 atom stereocenters. The fourth-order valence-corrected chi connectivity index (χ4v) is 4.24. The van der Waals surface area contributed by atoms with Gasteiger partial charge in [-0.05, 0) is 37.7 Å². The van der Waals surface area contributed by atoms with E-state index in [1.807, 2.05) is 37.3 Å². The first-order valence-electron chi connectivity index (χ1n) is 10.1. The van der Waals surface area contributed by atoms with Gasteiger partial charge in [0.05, 0.1) is 12.6 Å². The Balaban J connectivity index is 1.32. The molecule has 3 aliphatic rings. The first kappa shape index (κ1) is 18.9. The molecule has 1 saturated carbocycles. The standard InChI is InChI=1S/C21H27N3O4/c1-2-21(10-11-21)18(25)12-22-19(26)17-9-8-16-13-23(17)20(27)24(16)28-14-15-6-4-3-5-7-15/h3-7,16-17H,2,8-14H2,1H3,(H,22,26)/t16-,17+/m1/s1. The van der Waals surface area contributed by atoms with Crippen molar-refractivity contribution in [1.82, 2.24) is 15.3 Å². The number of urea groups is 1. The summed E-state index contributed by atoms with van der Waals surface area (Å²) in [4.78, 5) is 45.1. The number of piperidine rings is 1. The summed E-state index contributed by atoms with van der Waals surface area (Å²) in [5.41, 5.74) is 0.778. The van der Waals surface area contributed by atoms with Crippen molar-refractivity contribution in [2.45, 2.75) is 57.7 Å². The van der Waals surface area contributed by atoms with Gasteiger partial charge in [0.1, 0.15) is 12.6 Å². The molecule has 1 aromatic carbocycles. The molecule has 1 aliphatic carbocycles. The number of benzene rings is 1. The lowest BCUT2D eigenvalue weighted by atomic mass is 9.97. The van der Waals surface area contributed by atoms with Crippen molar-refractivity contribution in [2.75, 3.05) is 13.1 Å². The quantitative estimate of drug-likeness (QED) is 0.745. The highest BCUT2D eigenvalue weighted by Gasteiger charge is 2.49. The molecule has 2 aliphatic heterocycles. The van der Waals surface area contributed by atoms with Crippen LogP contribution in [0.3, 0.4) is 0 Å². The second-order valence-electron chi connectivity index (χ2n) is 8.04. The zero-order chi connectivity index (χ0) is 19.7. The van der Waals surface area contributed by atoms with E-state index in [0.29, 0.717) is 26.0 Å². The summed E-state index contributed by atoms with van der Waals surface area (Å²) in [5, 5.41) is 4.19. The third kappa shape index (κ3) is 3.51. The van der Waals surface area contributed by atoms with E-state index in [2.05, 4.69) is 5.32 Å². The van der Waals surface area contributed by atoms with E-state index in [9.17, 15) is 14.4 Å². The summed E-state index contributed by atoms with van der Waals surface area (Å²) < 4.78 is 0. The van der Waals surface area contributed by atoms with Crippen LogP contribution in [0.1, 0.15) is 44.6 Å². The maximum Gasteiger partial charge on any atom is 0.345 e. The largest absolute Gasteiger partial charge is 0.347 e. The summed E-state index contributed by atoms with van der Waals surface area (Å²) in [6, 6.07) is 8.86. The molecule has 150 valence electrons. The van der Waals surface area contributed by atoms with Crippen molar-refractivity contribution in [3.05, 3.63) is 35.9 Å². The molecular formula is C21H27N3O4. The first-order valence-corrected chi connectivity index (χ1v) is 10.1. The molecule has 0 radical (unpaired) electrons. The van der Waals surface area contributed by atoms with Crippen LogP contribution in [0.15, 0.2) is 30.3 Å². The molecule has 2 heterocycles. The number of carbonyl (C=O) groups excluding carboxylic acids is 3. The number of hydrogen-bond donors (Lipinski definition) is 1. The molecular weight excluding hydrogens is 358 g/mol. The van der Waals surface area contributed by atoms with Crippen LogP contribution in [0.5, 0.6) is 0 Å². The first-order chi connectivity index (χ1) is 13.5. The minimum Gasteiger partial charge on any atom is -0.347 e. The zero-order valence-corrected chi connectivity index (χ0v) is 16.2. The van der Waals surface area contributed by atoms with Gasteiger partial charge in [-0.1, -0.05) is 37.3 Å². The summed E-state index contributed by atoms with van der Waals surface area (Å²) in [6.07, 6.45) is 3.96. The number of nitrogens with zero attached hydrogens (tertiary/aromatic N) is 2. The Morgan fingerprint density at radius 2 is 1.96 bits per heavy atom. The van der Waals surface area contributed by atoms with Gasteiger partial charge in [0, 0.05) is 12.0 Å². The number of hydrogen-bond acceptors (Lipinski definition) is 4. The number of carbonyl (C=O) groups is 3. The van der Waals surface area contributed by atoms with Crippen LogP contribution in [0.4, 0.5) is 4.79 Å². The number of amides is 3. The molecule has 3 fully saturated rings. The van der Waals surface area contributed by atoms with Gasteiger partial charge in [-0.2, -0.15) is 5.06 Å². The highest BCUT2D eigenvalue weighted by Crippen LogP contribution is 2.49. The summed E-state index contributed by atoms with van der Waals surface area (Å²) in [7, 11) is 0. The fraction of sp³-hybridized carbons (Fsp3) is 0.571. The number of fused-ring (bicyclic) bond motifs is 2. The van der Waals surface area contributed by atoms with E-state index < -0.39 is 6.04 Å². The molecule has 2 saturated heterocycles. The number of rotatable bonds is 8. The Bertz CT molecular complexity index is 762. The van der Waals surface area contributed by atoms with E-state index in [4.69, 9.17) is 4.84 Å². The van der Waals surface area contributed by atoms with E-state index in [1.165, 1.54) is 5.06 Å². The van der Waals surface area contributed by atoms with Crippen LogP contribution >= 0.6 is 0 Å². The molecule has 1 N–H and O–H groups in total. The Hall–Kier alpha value is -2.41. The van der Waals surface area contributed by atoms with Gasteiger partial charge in [-0.15, -0.1) is 0 Å². The van der Waals surface area contributed by atoms with Gasteiger partial charge in [0.15, 0.2) is 5.78 Å². The molecule has 4 rings (SSSR count). The zero-order valence-electron chi connectivity index (χ0n) is 16.2. The van der Waals surface area contributed by atoms with Crippen molar-refractivity contribution in [3.8, 4) is 0 Å². The molecule has 0 spiro atoms. The maximum absolute atomic E-state index is 12.8. The van der Waals surface area contributed by atoms with E-state index in [-0.39, 0.29) is 35.7 Å². The van der Waals surface area contributed by atoms with Crippen LogP contribution in [0.2, 0.25) is 0 Å². The van der Waals surface area contributed by atoms with Crippen molar-refractivity contribution in [2.24, 2.45) is 5.41 Å². The van der Waals surface area contributed by atoms with Gasteiger partial charge >= 0.3 is 6.03 Å². The second-order valence-corrected chi connectivity index (χ2v) is 8.04. The van der Waals surface area contributed by atoms with Gasteiger partial charge in [-0.3, -0.25) is 14.4 Å². The smallest absolute Gasteiger partial charge is 0.345 e. The van der Waals surface area contributed by atoms with Crippen molar-refractivity contribution >= 4 is 17.7 Å². The SMILES string of the molecule is CCC1(C(=O)CNC(=O)[C@@H]2CC[C@@H]3CN2C(=O)N3OCc2ccccc2)CC1. The summed E-state index contributed by atoms with van der Waals surface area (Å²) >= 11 is 0. The lowest BCUT2D eigenvalue weighted by molar-refractivity contribution is -0.140. The minimum absolute atomic E-state index is 0.0308. The number of Topliss-reactive ketones (excluding diaryl/α,β-unsaturated/α-hetero) is 1. The molecule has 0 unspecified atom stereocenters.